The van der Waals surface area contributed by atoms with Crippen molar-refractivity contribution in [2.45, 2.75) is 30.6 Å². The number of methoxy groups -OCH3 is 1. The van der Waals surface area contributed by atoms with Crippen molar-refractivity contribution >= 4 is 21.6 Å². The number of amides is 1. The Balaban J connectivity index is 1.70. The number of sulfonamides is 1. The maximum absolute atomic E-state index is 12.9. The summed E-state index contributed by atoms with van der Waals surface area (Å²) in [5.74, 6) is 0.950. The molecule has 0 aliphatic carbocycles. The van der Waals surface area contributed by atoms with Gasteiger partial charge in [-0.2, -0.15) is 4.31 Å². The Hall–Kier alpha value is -2.38. The Morgan fingerprint density at radius 1 is 1.07 bits per heavy atom. The van der Waals surface area contributed by atoms with E-state index < -0.39 is 10.0 Å². The van der Waals surface area contributed by atoms with Gasteiger partial charge >= 0.3 is 0 Å². The average molecular weight is 388 g/mol. The van der Waals surface area contributed by atoms with Crippen molar-refractivity contribution in [1.29, 1.82) is 0 Å². The number of benzene rings is 2. The van der Waals surface area contributed by atoms with Crippen LogP contribution >= 0.6 is 0 Å². The monoisotopic (exact) mass is 388 g/mol. The highest BCUT2D eigenvalue weighted by Gasteiger charge is 2.30. The molecule has 3 rings (SSSR count). The summed E-state index contributed by atoms with van der Waals surface area (Å²) >= 11 is 0. The van der Waals surface area contributed by atoms with Gasteiger partial charge in [-0.05, 0) is 54.7 Å². The second kappa shape index (κ2) is 8.10. The molecular formula is C20H24N2O4S. The van der Waals surface area contributed by atoms with Crippen molar-refractivity contribution in [3.05, 3.63) is 54.1 Å². The zero-order valence-electron chi connectivity index (χ0n) is 15.5. The third-order valence-electron chi connectivity index (χ3n) is 4.85. The zero-order chi connectivity index (χ0) is 19.4. The molecule has 7 heteroatoms. The van der Waals surface area contributed by atoms with Gasteiger partial charge in [0.15, 0.2) is 0 Å². The number of carbonyl (C=O) groups is 1. The highest BCUT2D eigenvalue weighted by molar-refractivity contribution is 7.89. The summed E-state index contributed by atoms with van der Waals surface area (Å²) in [6, 6.07) is 14.2. The minimum Gasteiger partial charge on any atom is -0.496 e. The van der Waals surface area contributed by atoms with E-state index in [1.165, 1.54) is 23.4 Å². The second-order valence-corrected chi connectivity index (χ2v) is 8.56. The highest BCUT2D eigenvalue weighted by atomic mass is 32.2. The first kappa shape index (κ1) is 19.4. The molecule has 1 aliphatic heterocycles. The molecular weight excluding hydrogens is 364 g/mol. The van der Waals surface area contributed by atoms with E-state index in [1.54, 1.807) is 19.2 Å². The first-order valence-electron chi connectivity index (χ1n) is 8.92. The quantitative estimate of drug-likeness (QED) is 0.853. The molecule has 6 nitrogen and oxygen atoms in total. The minimum absolute atomic E-state index is 0.191. The van der Waals surface area contributed by atoms with Crippen molar-refractivity contribution < 1.29 is 17.9 Å². The van der Waals surface area contributed by atoms with Gasteiger partial charge in [0.2, 0.25) is 15.9 Å². The summed E-state index contributed by atoms with van der Waals surface area (Å²) in [4.78, 5) is 11.3. The molecule has 1 N–H and O–H groups in total. The van der Waals surface area contributed by atoms with Gasteiger partial charge in [0, 0.05) is 25.7 Å². The Bertz CT molecular complexity index is 902. The predicted molar refractivity (Wildman–Crippen MR) is 104 cm³/mol. The minimum atomic E-state index is -3.54. The van der Waals surface area contributed by atoms with Gasteiger partial charge in [0.05, 0.1) is 12.0 Å². The summed E-state index contributed by atoms with van der Waals surface area (Å²) in [5, 5.41) is 2.64. The topological polar surface area (TPSA) is 75.7 Å². The molecule has 1 heterocycles. The summed E-state index contributed by atoms with van der Waals surface area (Å²) in [6.45, 7) is 2.35. The van der Waals surface area contributed by atoms with Gasteiger partial charge in [-0.3, -0.25) is 4.79 Å². The lowest BCUT2D eigenvalue weighted by molar-refractivity contribution is -0.114. The molecule has 0 spiro atoms. The van der Waals surface area contributed by atoms with Crippen LogP contribution in [0.3, 0.4) is 0 Å². The molecule has 0 bridgehead atoms. The van der Waals surface area contributed by atoms with Gasteiger partial charge < -0.3 is 10.1 Å². The van der Waals surface area contributed by atoms with Crippen LogP contribution in [0.2, 0.25) is 0 Å². The Kier molecular flexibility index (Phi) is 5.82. The Labute approximate surface area is 160 Å². The van der Waals surface area contributed by atoms with Gasteiger partial charge in [-0.1, -0.05) is 18.2 Å². The lowest BCUT2D eigenvalue weighted by Gasteiger charge is -2.32. The van der Waals surface area contributed by atoms with Crippen LogP contribution < -0.4 is 10.1 Å². The third kappa shape index (κ3) is 4.31. The van der Waals surface area contributed by atoms with Crippen LogP contribution in [0.25, 0.3) is 0 Å². The third-order valence-corrected chi connectivity index (χ3v) is 6.76. The molecule has 144 valence electrons. The van der Waals surface area contributed by atoms with Crippen LogP contribution in [0, 0.1) is 0 Å². The van der Waals surface area contributed by atoms with Gasteiger partial charge in [0.25, 0.3) is 0 Å². The fraction of sp³-hybridized carbons (Fsp3) is 0.350. The summed E-state index contributed by atoms with van der Waals surface area (Å²) in [7, 11) is -1.88. The smallest absolute Gasteiger partial charge is 0.243 e. The molecule has 0 aromatic heterocycles. The molecule has 0 radical (unpaired) electrons. The van der Waals surface area contributed by atoms with Crippen molar-refractivity contribution in [2.24, 2.45) is 0 Å². The fourth-order valence-corrected chi connectivity index (χ4v) is 4.94. The summed E-state index contributed by atoms with van der Waals surface area (Å²) < 4.78 is 32.8. The van der Waals surface area contributed by atoms with Crippen LogP contribution in [0.15, 0.2) is 53.4 Å². The van der Waals surface area contributed by atoms with Gasteiger partial charge in [-0.15, -0.1) is 0 Å². The van der Waals surface area contributed by atoms with Crippen LogP contribution in [-0.2, 0) is 14.8 Å². The number of anilines is 1. The first-order chi connectivity index (χ1) is 12.9. The SMILES string of the molecule is COc1ccccc1C1CCN(S(=O)(=O)c2ccc(NC(C)=O)cc2)CC1. The van der Waals surface area contributed by atoms with Crippen molar-refractivity contribution in [2.75, 3.05) is 25.5 Å². The molecule has 1 amide bonds. The second-order valence-electron chi connectivity index (χ2n) is 6.63. The van der Waals surface area contributed by atoms with E-state index >= 15 is 0 Å². The number of piperidine rings is 1. The molecule has 1 aliphatic rings. The van der Waals surface area contributed by atoms with Crippen molar-refractivity contribution in [3.63, 3.8) is 0 Å². The molecule has 0 unspecified atom stereocenters. The van der Waals surface area contributed by atoms with Crippen molar-refractivity contribution in [3.8, 4) is 5.75 Å². The maximum Gasteiger partial charge on any atom is 0.243 e. The molecule has 1 saturated heterocycles. The lowest BCUT2D eigenvalue weighted by atomic mass is 9.89. The van der Waals surface area contributed by atoms with E-state index in [2.05, 4.69) is 11.4 Å². The van der Waals surface area contributed by atoms with E-state index in [-0.39, 0.29) is 16.7 Å². The number of para-hydroxylation sites is 1. The van der Waals surface area contributed by atoms with E-state index in [0.29, 0.717) is 18.8 Å². The summed E-state index contributed by atoms with van der Waals surface area (Å²) in [5.41, 5.74) is 1.72. The summed E-state index contributed by atoms with van der Waals surface area (Å²) in [6.07, 6.45) is 1.51. The van der Waals surface area contributed by atoms with Crippen LogP contribution in [0.4, 0.5) is 5.69 Å². The number of hydrogen-bond acceptors (Lipinski definition) is 4. The van der Waals surface area contributed by atoms with E-state index in [1.807, 2.05) is 18.2 Å². The number of nitrogens with zero attached hydrogens (tertiary/aromatic N) is 1. The maximum atomic E-state index is 12.9. The first-order valence-corrected chi connectivity index (χ1v) is 10.4. The van der Waals surface area contributed by atoms with Gasteiger partial charge in [-0.25, -0.2) is 8.42 Å². The zero-order valence-corrected chi connectivity index (χ0v) is 16.3. The van der Waals surface area contributed by atoms with Crippen molar-refractivity contribution in [1.82, 2.24) is 4.31 Å². The Morgan fingerprint density at radius 3 is 2.30 bits per heavy atom. The standard InChI is InChI=1S/C20H24N2O4S/c1-15(23)21-17-7-9-18(10-8-17)27(24,25)22-13-11-16(12-14-22)19-5-3-4-6-20(19)26-2/h3-10,16H,11-14H2,1-2H3,(H,21,23). The molecule has 0 saturated carbocycles. The number of hydrogen-bond donors (Lipinski definition) is 1. The Morgan fingerprint density at radius 2 is 1.70 bits per heavy atom. The number of rotatable bonds is 5. The average Bonchev–Trinajstić information content (AvgIpc) is 2.68. The predicted octanol–water partition coefficient (Wildman–Crippen LogP) is 3.22. The highest BCUT2D eigenvalue weighted by Crippen LogP contribution is 2.35. The van der Waals surface area contributed by atoms with Crippen LogP contribution in [-0.4, -0.2) is 38.8 Å². The van der Waals surface area contributed by atoms with E-state index in [4.69, 9.17) is 4.74 Å². The molecule has 2 aromatic carbocycles. The largest absolute Gasteiger partial charge is 0.496 e. The van der Waals surface area contributed by atoms with E-state index in [9.17, 15) is 13.2 Å². The van der Waals surface area contributed by atoms with E-state index in [0.717, 1.165) is 24.2 Å². The number of ether oxygens (including phenoxy) is 1. The normalized spacial score (nSPS) is 16.1. The molecule has 27 heavy (non-hydrogen) atoms. The fourth-order valence-electron chi connectivity index (χ4n) is 3.47. The van der Waals surface area contributed by atoms with Crippen LogP contribution in [0.1, 0.15) is 31.2 Å². The van der Waals surface area contributed by atoms with Gasteiger partial charge in [0.1, 0.15) is 5.75 Å². The molecule has 1 fully saturated rings. The molecule has 0 atom stereocenters. The number of carbonyl (C=O) groups excluding carboxylic acids is 1. The van der Waals surface area contributed by atoms with Crippen LogP contribution in [0.5, 0.6) is 5.75 Å². The lowest BCUT2D eigenvalue weighted by Crippen LogP contribution is -2.37. The number of nitrogens with one attached hydrogen (secondary N) is 1. The molecule has 2 aromatic rings.